The number of hydrogen-bond acceptors (Lipinski definition) is 5. The van der Waals surface area contributed by atoms with E-state index >= 15 is 0 Å². The summed E-state index contributed by atoms with van der Waals surface area (Å²) in [5, 5.41) is 0.184. The van der Waals surface area contributed by atoms with E-state index in [2.05, 4.69) is 40.4 Å². The van der Waals surface area contributed by atoms with Crippen LogP contribution in [0.1, 0.15) is 33.6 Å². The van der Waals surface area contributed by atoms with Crippen LogP contribution in [0, 0.1) is 0 Å². The number of Topliss-reactive ketones (excluding diaryl/α,β-unsaturated/α-hetero) is 1. The van der Waals surface area contributed by atoms with Gasteiger partial charge in [0.05, 0.1) is 13.2 Å². The van der Waals surface area contributed by atoms with E-state index in [0.29, 0.717) is 32.7 Å². The van der Waals surface area contributed by atoms with Crippen molar-refractivity contribution in [1.82, 2.24) is 0 Å². The molecule has 0 bridgehead atoms. The molecule has 0 amide bonds. The average Bonchev–Trinajstić information content (AvgIpc) is 2.46. The minimum atomic E-state index is -1.74. The van der Waals surface area contributed by atoms with Gasteiger partial charge in [0.25, 0.3) is 0 Å². The lowest BCUT2D eigenvalue weighted by atomic mass is 10.1. The molecule has 136 valence electrons. The van der Waals surface area contributed by atoms with Gasteiger partial charge in [-0.1, -0.05) is 26.8 Å². The minimum absolute atomic E-state index is 0.00849. The van der Waals surface area contributed by atoms with E-state index in [1.807, 2.05) is 0 Å². The molecular formula is C17H34O5Si. The second kappa shape index (κ2) is 11.1. The molecule has 0 rings (SSSR count). The first kappa shape index (κ1) is 22.5. The Morgan fingerprint density at radius 3 is 2.39 bits per heavy atom. The normalized spacial score (nSPS) is 13.8. The van der Waals surface area contributed by atoms with E-state index in [4.69, 9.17) is 18.6 Å². The fraction of sp³-hybridized carbons (Fsp3) is 0.824. The van der Waals surface area contributed by atoms with E-state index in [1.165, 1.54) is 6.08 Å². The van der Waals surface area contributed by atoms with Gasteiger partial charge in [-0.2, -0.15) is 0 Å². The summed E-state index contributed by atoms with van der Waals surface area (Å²) >= 11 is 0. The maximum absolute atomic E-state index is 12.1. The van der Waals surface area contributed by atoms with Crippen LogP contribution in [0.4, 0.5) is 0 Å². The predicted octanol–water partition coefficient (Wildman–Crippen LogP) is 3.55. The molecule has 0 aromatic carbocycles. The van der Waals surface area contributed by atoms with Crippen molar-refractivity contribution in [3.05, 3.63) is 12.7 Å². The first-order valence-electron chi connectivity index (χ1n) is 8.13. The Hall–Kier alpha value is -0.533. The molecule has 0 saturated carbocycles. The molecule has 0 spiro atoms. The minimum Gasteiger partial charge on any atom is -0.417 e. The van der Waals surface area contributed by atoms with Gasteiger partial charge < -0.3 is 18.6 Å². The highest BCUT2D eigenvalue weighted by Crippen LogP contribution is 2.36. The maximum atomic E-state index is 12.1. The number of carbonyl (C=O) groups excluding carboxylic acids is 1. The summed E-state index contributed by atoms with van der Waals surface area (Å²) in [5.74, 6) is 0.00849. The van der Waals surface area contributed by atoms with Crippen LogP contribution < -0.4 is 0 Å². The van der Waals surface area contributed by atoms with Crippen molar-refractivity contribution in [2.75, 3.05) is 33.7 Å². The number of ketones is 1. The van der Waals surface area contributed by atoms with Crippen LogP contribution >= 0.6 is 0 Å². The Morgan fingerprint density at radius 2 is 1.87 bits per heavy atom. The molecule has 1 unspecified atom stereocenters. The van der Waals surface area contributed by atoms with Crippen LogP contribution in [-0.2, 0) is 23.4 Å². The topological polar surface area (TPSA) is 54.0 Å². The van der Waals surface area contributed by atoms with Crippen LogP contribution in [0.3, 0.4) is 0 Å². The predicted molar refractivity (Wildman–Crippen MR) is 95.2 cm³/mol. The van der Waals surface area contributed by atoms with E-state index in [-0.39, 0.29) is 17.6 Å². The molecule has 0 heterocycles. The van der Waals surface area contributed by atoms with E-state index < -0.39 is 14.4 Å². The zero-order valence-corrected chi connectivity index (χ0v) is 16.6. The van der Waals surface area contributed by atoms with Crippen LogP contribution in [-0.4, -0.2) is 53.9 Å². The van der Waals surface area contributed by atoms with Crippen molar-refractivity contribution in [3.63, 3.8) is 0 Å². The summed E-state index contributed by atoms with van der Waals surface area (Å²) in [6.45, 7) is 16.3. The molecule has 6 heteroatoms. The van der Waals surface area contributed by atoms with E-state index in [1.54, 1.807) is 7.11 Å². The van der Waals surface area contributed by atoms with Crippen molar-refractivity contribution >= 4 is 14.1 Å². The van der Waals surface area contributed by atoms with Gasteiger partial charge in [-0.25, -0.2) is 0 Å². The number of hydrogen-bond donors (Lipinski definition) is 0. The van der Waals surface area contributed by atoms with Gasteiger partial charge in [0.15, 0.2) is 14.1 Å². The third-order valence-corrected chi connectivity index (χ3v) is 8.67. The molecule has 23 heavy (non-hydrogen) atoms. The summed E-state index contributed by atoms with van der Waals surface area (Å²) in [4.78, 5) is 12.1. The van der Waals surface area contributed by atoms with Crippen LogP contribution in [0.15, 0.2) is 12.7 Å². The van der Waals surface area contributed by atoms with Crippen LogP contribution in [0.25, 0.3) is 0 Å². The Labute approximate surface area is 142 Å². The Morgan fingerprint density at radius 1 is 1.22 bits per heavy atom. The van der Waals surface area contributed by atoms with Gasteiger partial charge in [-0.05, 0) is 24.6 Å². The lowest BCUT2D eigenvalue weighted by molar-refractivity contribution is -0.138. The number of ether oxygens (including phenoxy) is 3. The number of methoxy groups -OCH3 is 1. The Kier molecular flexibility index (Phi) is 10.8. The van der Waals surface area contributed by atoms with Gasteiger partial charge in [0, 0.05) is 20.1 Å². The van der Waals surface area contributed by atoms with E-state index in [9.17, 15) is 4.79 Å². The zero-order valence-electron chi connectivity index (χ0n) is 15.6. The summed E-state index contributed by atoms with van der Waals surface area (Å²) in [6.07, 6.45) is 2.01. The molecule has 5 nitrogen and oxygen atoms in total. The molecule has 0 aromatic heterocycles. The molecule has 0 aliphatic carbocycles. The molecule has 0 aliphatic rings. The molecule has 0 aromatic rings. The molecule has 0 N–H and O–H groups in total. The molecular weight excluding hydrogens is 312 g/mol. The average molecular weight is 347 g/mol. The van der Waals surface area contributed by atoms with Crippen molar-refractivity contribution in [3.8, 4) is 0 Å². The number of carbonyl (C=O) groups is 1. The fourth-order valence-corrected chi connectivity index (χ4v) is 2.64. The highest BCUT2D eigenvalue weighted by molar-refractivity contribution is 6.74. The smallest absolute Gasteiger partial charge is 0.191 e. The summed E-state index contributed by atoms with van der Waals surface area (Å²) in [5.41, 5.74) is 0. The van der Waals surface area contributed by atoms with Gasteiger partial charge in [-0.3, -0.25) is 4.79 Å². The SMILES string of the molecule is C=CC(OCOCCOC)C(=O)CCCO[Si](C)(C)C(C)(C)C. The number of rotatable bonds is 13. The summed E-state index contributed by atoms with van der Waals surface area (Å²) in [6, 6.07) is 0. The van der Waals surface area contributed by atoms with Crippen LogP contribution in [0.2, 0.25) is 18.1 Å². The van der Waals surface area contributed by atoms with Gasteiger partial charge in [-0.15, -0.1) is 6.58 Å². The summed E-state index contributed by atoms with van der Waals surface area (Å²) in [7, 11) is -0.137. The van der Waals surface area contributed by atoms with E-state index in [0.717, 1.165) is 0 Å². The van der Waals surface area contributed by atoms with Gasteiger partial charge >= 0.3 is 0 Å². The fourth-order valence-electron chi connectivity index (χ4n) is 1.55. The van der Waals surface area contributed by atoms with Crippen molar-refractivity contribution in [2.45, 2.75) is 57.8 Å². The maximum Gasteiger partial charge on any atom is 0.191 e. The molecule has 0 fully saturated rings. The van der Waals surface area contributed by atoms with Crippen molar-refractivity contribution in [2.24, 2.45) is 0 Å². The van der Waals surface area contributed by atoms with Crippen molar-refractivity contribution < 1.29 is 23.4 Å². The second-order valence-corrected chi connectivity index (χ2v) is 11.8. The second-order valence-electron chi connectivity index (χ2n) is 7.02. The Bertz CT molecular complexity index is 349. The molecule has 1 atom stereocenters. The highest BCUT2D eigenvalue weighted by atomic mass is 28.4. The highest BCUT2D eigenvalue weighted by Gasteiger charge is 2.36. The van der Waals surface area contributed by atoms with Gasteiger partial charge in [0.1, 0.15) is 12.9 Å². The van der Waals surface area contributed by atoms with Gasteiger partial charge in [0.2, 0.25) is 0 Å². The lowest BCUT2D eigenvalue weighted by Crippen LogP contribution is -2.41. The third-order valence-electron chi connectivity index (χ3n) is 4.13. The first-order chi connectivity index (χ1) is 10.7. The molecule has 0 radical (unpaired) electrons. The quantitative estimate of drug-likeness (QED) is 0.221. The first-order valence-corrected chi connectivity index (χ1v) is 11.0. The molecule has 0 aliphatic heterocycles. The largest absolute Gasteiger partial charge is 0.417 e. The monoisotopic (exact) mass is 346 g/mol. The van der Waals surface area contributed by atoms with Crippen molar-refractivity contribution in [1.29, 1.82) is 0 Å². The van der Waals surface area contributed by atoms with Crippen LogP contribution in [0.5, 0.6) is 0 Å². The zero-order chi connectivity index (χ0) is 17.9. The lowest BCUT2D eigenvalue weighted by Gasteiger charge is -2.36. The molecule has 0 saturated heterocycles. The standard InChI is InChI=1S/C17H34O5Si/c1-8-16(21-14-20-13-12-19-5)15(18)10-9-11-22-23(6,7)17(2,3)4/h8,16H,1,9-14H2,2-7H3. The Balaban J connectivity index is 4.00. The third kappa shape index (κ3) is 9.37. The summed E-state index contributed by atoms with van der Waals surface area (Å²) < 4.78 is 21.5.